The highest BCUT2D eigenvalue weighted by Gasteiger charge is 2.12. The lowest BCUT2D eigenvalue weighted by molar-refractivity contribution is -0.116. The molecule has 0 saturated carbocycles. The molecule has 0 aliphatic carbocycles. The molecule has 2 N–H and O–H groups in total. The quantitative estimate of drug-likeness (QED) is 0.716. The van der Waals surface area contributed by atoms with Gasteiger partial charge in [-0.3, -0.25) is 4.79 Å². The van der Waals surface area contributed by atoms with Crippen molar-refractivity contribution in [3.63, 3.8) is 0 Å². The van der Waals surface area contributed by atoms with E-state index >= 15 is 0 Å². The average Bonchev–Trinajstić information content (AvgIpc) is 3.11. The van der Waals surface area contributed by atoms with Gasteiger partial charge in [0.05, 0.1) is 0 Å². The van der Waals surface area contributed by atoms with Gasteiger partial charge in [-0.25, -0.2) is 4.98 Å². The third kappa shape index (κ3) is 4.20. The molecule has 7 nitrogen and oxygen atoms in total. The minimum atomic E-state index is -0.291. The van der Waals surface area contributed by atoms with E-state index in [2.05, 4.69) is 27.4 Å². The maximum absolute atomic E-state index is 11.9. The van der Waals surface area contributed by atoms with Gasteiger partial charge < -0.3 is 14.9 Å². The van der Waals surface area contributed by atoms with Crippen LogP contribution in [0.15, 0.2) is 47.1 Å². The Morgan fingerprint density at radius 2 is 2.04 bits per heavy atom. The van der Waals surface area contributed by atoms with E-state index in [4.69, 9.17) is 4.52 Å². The fourth-order valence-electron chi connectivity index (χ4n) is 2.27. The van der Waals surface area contributed by atoms with Gasteiger partial charge in [0.1, 0.15) is 0 Å². The highest BCUT2D eigenvalue weighted by Crippen LogP contribution is 2.19. The molecule has 1 amide bonds. The molecule has 25 heavy (non-hydrogen) atoms. The molecule has 0 unspecified atom stereocenters. The molecule has 3 aromatic rings. The Bertz CT molecular complexity index is 859. The summed E-state index contributed by atoms with van der Waals surface area (Å²) in [6.07, 6.45) is 2.91. The molecule has 3 rings (SSSR count). The van der Waals surface area contributed by atoms with Gasteiger partial charge in [0.25, 0.3) is 0 Å². The van der Waals surface area contributed by atoms with E-state index in [9.17, 15) is 9.90 Å². The molecular formula is C18H18N4O3. The van der Waals surface area contributed by atoms with Crippen LogP contribution in [0.25, 0.3) is 11.4 Å². The number of amides is 1. The predicted molar refractivity (Wildman–Crippen MR) is 92.0 cm³/mol. The van der Waals surface area contributed by atoms with E-state index in [1.165, 1.54) is 17.8 Å². The lowest BCUT2D eigenvalue weighted by Crippen LogP contribution is -2.13. The van der Waals surface area contributed by atoms with Crippen LogP contribution < -0.4 is 5.32 Å². The molecule has 0 bridgehead atoms. The zero-order chi connectivity index (χ0) is 17.6. The maximum Gasteiger partial charge on any atom is 0.227 e. The van der Waals surface area contributed by atoms with Crippen molar-refractivity contribution >= 4 is 11.7 Å². The number of aromatic hydroxyl groups is 1. The Hall–Kier alpha value is -3.22. The van der Waals surface area contributed by atoms with Crippen molar-refractivity contribution in [1.82, 2.24) is 15.1 Å². The van der Waals surface area contributed by atoms with Gasteiger partial charge in [0, 0.05) is 24.6 Å². The molecule has 2 aromatic heterocycles. The number of aryl methyl sites for hydroxylation is 2. The lowest BCUT2D eigenvalue weighted by Gasteiger charge is -2.04. The lowest BCUT2D eigenvalue weighted by atomic mass is 10.1. The number of benzene rings is 1. The predicted octanol–water partition coefficient (Wildman–Crippen LogP) is 2.97. The first-order valence-corrected chi connectivity index (χ1v) is 8.01. The van der Waals surface area contributed by atoms with Crippen molar-refractivity contribution in [2.75, 3.05) is 5.32 Å². The van der Waals surface area contributed by atoms with Gasteiger partial charge >= 0.3 is 0 Å². The Morgan fingerprint density at radius 1 is 1.24 bits per heavy atom. The third-order valence-corrected chi connectivity index (χ3v) is 3.70. The first-order valence-electron chi connectivity index (χ1n) is 8.01. The molecule has 0 aliphatic heterocycles. The Balaban J connectivity index is 1.58. The Labute approximate surface area is 144 Å². The summed E-state index contributed by atoms with van der Waals surface area (Å²) >= 11 is 0. The number of pyridine rings is 1. The molecule has 0 fully saturated rings. The summed E-state index contributed by atoms with van der Waals surface area (Å²) in [6.45, 7) is 2.09. The Kier molecular flexibility index (Phi) is 5.03. The largest absolute Gasteiger partial charge is 0.504 e. The SMILES string of the molecule is CCc1ccc(-c2noc(CCC(=O)Nc3ncccc3O)n2)cc1. The molecule has 0 saturated heterocycles. The molecular weight excluding hydrogens is 320 g/mol. The van der Waals surface area contributed by atoms with Crippen molar-refractivity contribution in [2.45, 2.75) is 26.2 Å². The molecule has 0 atom stereocenters. The fourth-order valence-corrected chi connectivity index (χ4v) is 2.27. The molecule has 0 spiro atoms. The molecule has 0 radical (unpaired) electrons. The topological polar surface area (TPSA) is 101 Å². The number of carbonyl (C=O) groups excluding carboxylic acids is 1. The van der Waals surface area contributed by atoms with Gasteiger partial charge in [-0.2, -0.15) is 4.98 Å². The number of nitrogens with zero attached hydrogens (tertiary/aromatic N) is 3. The van der Waals surface area contributed by atoms with E-state index in [0.717, 1.165) is 12.0 Å². The van der Waals surface area contributed by atoms with Crippen LogP contribution in [-0.4, -0.2) is 26.1 Å². The highest BCUT2D eigenvalue weighted by molar-refractivity contribution is 5.91. The summed E-state index contributed by atoms with van der Waals surface area (Å²) in [6, 6.07) is 11.0. The van der Waals surface area contributed by atoms with Crippen molar-refractivity contribution in [2.24, 2.45) is 0 Å². The smallest absolute Gasteiger partial charge is 0.227 e. The average molecular weight is 338 g/mol. The van der Waals surface area contributed by atoms with Gasteiger partial charge in [-0.05, 0) is 24.1 Å². The van der Waals surface area contributed by atoms with Crippen molar-refractivity contribution in [3.05, 3.63) is 54.0 Å². The summed E-state index contributed by atoms with van der Waals surface area (Å²) in [4.78, 5) is 20.1. The highest BCUT2D eigenvalue weighted by atomic mass is 16.5. The second kappa shape index (κ2) is 7.57. The van der Waals surface area contributed by atoms with Crippen LogP contribution in [0.5, 0.6) is 5.75 Å². The summed E-state index contributed by atoms with van der Waals surface area (Å²) in [5.41, 5.74) is 2.11. The number of nitrogens with one attached hydrogen (secondary N) is 1. The Morgan fingerprint density at radius 3 is 2.76 bits per heavy atom. The summed E-state index contributed by atoms with van der Waals surface area (Å²) in [7, 11) is 0. The number of hydrogen-bond donors (Lipinski definition) is 2. The molecule has 2 heterocycles. The second-order valence-corrected chi connectivity index (χ2v) is 5.48. The molecule has 1 aromatic carbocycles. The number of aromatic nitrogens is 3. The zero-order valence-electron chi connectivity index (χ0n) is 13.8. The van der Waals surface area contributed by atoms with Crippen LogP contribution in [0.1, 0.15) is 24.8 Å². The summed E-state index contributed by atoms with van der Waals surface area (Å²) in [5.74, 6) is 0.651. The summed E-state index contributed by atoms with van der Waals surface area (Å²) < 4.78 is 5.19. The van der Waals surface area contributed by atoms with Crippen LogP contribution in [0.2, 0.25) is 0 Å². The van der Waals surface area contributed by atoms with Gasteiger partial charge in [-0.1, -0.05) is 36.3 Å². The van der Waals surface area contributed by atoms with Gasteiger partial charge in [0.15, 0.2) is 11.6 Å². The van der Waals surface area contributed by atoms with Crippen molar-refractivity contribution < 1.29 is 14.4 Å². The van der Waals surface area contributed by atoms with Crippen LogP contribution in [0, 0.1) is 0 Å². The number of hydrogen-bond acceptors (Lipinski definition) is 6. The zero-order valence-corrected chi connectivity index (χ0v) is 13.8. The first kappa shape index (κ1) is 16.6. The van der Waals surface area contributed by atoms with Gasteiger partial charge in [0.2, 0.25) is 17.6 Å². The fraction of sp³-hybridized carbons (Fsp3) is 0.222. The monoisotopic (exact) mass is 338 g/mol. The molecule has 0 aliphatic rings. The van der Waals surface area contributed by atoms with E-state index in [1.807, 2.05) is 24.3 Å². The standard InChI is InChI=1S/C18H18N4O3/c1-2-12-5-7-13(8-6-12)17-21-16(25-22-17)10-9-15(24)20-18-14(23)4-3-11-19-18/h3-8,11,23H,2,9-10H2,1H3,(H,19,20,24). The van der Waals surface area contributed by atoms with Crippen LogP contribution in [0.3, 0.4) is 0 Å². The van der Waals surface area contributed by atoms with Crippen LogP contribution in [0.4, 0.5) is 5.82 Å². The normalized spacial score (nSPS) is 10.6. The number of carbonyl (C=O) groups is 1. The maximum atomic E-state index is 11.9. The van der Waals surface area contributed by atoms with Crippen LogP contribution >= 0.6 is 0 Å². The van der Waals surface area contributed by atoms with Crippen molar-refractivity contribution in [1.29, 1.82) is 0 Å². The van der Waals surface area contributed by atoms with Crippen molar-refractivity contribution in [3.8, 4) is 17.1 Å². The minimum Gasteiger partial charge on any atom is -0.504 e. The van der Waals surface area contributed by atoms with E-state index in [1.54, 1.807) is 6.07 Å². The number of anilines is 1. The van der Waals surface area contributed by atoms with E-state index in [-0.39, 0.29) is 23.9 Å². The first-order chi connectivity index (χ1) is 12.2. The third-order valence-electron chi connectivity index (χ3n) is 3.70. The van der Waals surface area contributed by atoms with E-state index in [0.29, 0.717) is 18.1 Å². The van der Waals surface area contributed by atoms with Crippen LogP contribution in [-0.2, 0) is 17.6 Å². The molecule has 128 valence electrons. The second-order valence-electron chi connectivity index (χ2n) is 5.48. The minimum absolute atomic E-state index is 0.0774. The summed E-state index contributed by atoms with van der Waals surface area (Å²) in [5, 5.41) is 16.1. The molecule has 7 heteroatoms. The number of rotatable bonds is 6. The van der Waals surface area contributed by atoms with E-state index < -0.39 is 0 Å². The van der Waals surface area contributed by atoms with Gasteiger partial charge in [-0.15, -0.1) is 0 Å².